The van der Waals surface area contributed by atoms with Crippen LogP contribution >= 0.6 is 0 Å². The summed E-state index contributed by atoms with van der Waals surface area (Å²) in [6.07, 6.45) is 1.31. The molecular formula is C13H16N4O3S. The summed E-state index contributed by atoms with van der Waals surface area (Å²) in [6.45, 7) is 3.29. The van der Waals surface area contributed by atoms with Crippen LogP contribution in [0.5, 0.6) is 0 Å². The van der Waals surface area contributed by atoms with E-state index in [2.05, 4.69) is 20.7 Å². The third kappa shape index (κ3) is 3.88. The van der Waals surface area contributed by atoms with Crippen molar-refractivity contribution in [1.82, 2.24) is 15.4 Å². The SMILES string of the molecule is CC(C)S(=O)(=O)Cc1cccc(NC(=O)c2cn[nH]n2)c1. The van der Waals surface area contributed by atoms with Gasteiger partial charge in [-0.2, -0.15) is 15.4 Å². The van der Waals surface area contributed by atoms with Crippen molar-refractivity contribution in [2.75, 3.05) is 5.32 Å². The zero-order chi connectivity index (χ0) is 15.5. The van der Waals surface area contributed by atoms with Gasteiger partial charge in [-0.15, -0.1) is 0 Å². The first-order valence-electron chi connectivity index (χ1n) is 6.36. The summed E-state index contributed by atoms with van der Waals surface area (Å²) in [4.78, 5) is 11.8. The molecule has 1 aromatic carbocycles. The molecule has 1 amide bonds. The van der Waals surface area contributed by atoms with Crippen LogP contribution in [0.15, 0.2) is 30.5 Å². The molecule has 0 bridgehead atoms. The van der Waals surface area contributed by atoms with Gasteiger partial charge in [0.1, 0.15) is 0 Å². The van der Waals surface area contributed by atoms with Crippen molar-refractivity contribution in [1.29, 1.82) is 0 Å². The Balaban J connectivity index is 2.13. The number of hydrogen-bond acceptors (Lipinski definition) is 5. The van der Waals surface area contributed by atoms with Crippen molar-refractivity contribution < 1.29 is 13.2 Å². The molecule has 0 saturated heterocycles. The molecule has 0 saturated carbocycles. The quantitative estimate of drug-likeness (QED) is 0.868. The number of nitrogens with one attached hydrogen (secondary N) is 2. The van der Waals surface area contributed by atoms with Gasteiger partial charge in [-0.1, -0.05) is 12.1 Å². The van der Waals surface area contributed by atoms with Crippen LogP contribution in [-0.2, 0) is 15.6 Å². The fourth-order valence-electron chi connectivity index (χ4n) is 1.64. The minimum atomic E-state index is -3.18. The smallest absolute Gasteiger partial charge is 0.277 e. The van der Waals surface area contributed by atoms with E-state index in [1.165, 1.54) is 6.20 Å². The van der Waals surface area contributed by atoms with Gasteiger partial charge in [-0.05, 0) is 31.5 Å². The number of benzene rings is 1. The van der Waals surface area contributed by atoms with E-state index in [-0.39, 0.29) is 11.4 Å². The summed E-state index contributed by atoms with van der Waals surface area (Å²) < 4.78 is 23.8. The molecule has 7 nitrogen and oxygen atoms in total. The van der Waals surface area contributed by atoms with Crippen molar-refractivity contribution in [3.63, 3.8) is 0 Å². The molecule has 0 radical (unpaired) electrons. The predicted molar refractivity (Wildman–Crippen MR) is 78.5 cm³/mol. The average Bonchev–Trinajstić information content (AvgIpc) is 2.92. The number of aromatic amines is 1. The molecule has 1 heterocycles. The highest BCUT2D eigenvalue weighted by molar-refractivity contribution is 7.91. The number of carbonyl (C=O) groups is 1. The monoisotopic (exact) mass is 308 g/mol. The Hall–Kier alpha value is -2.22. The van der Waals surface area contributed by atoms with Crippen molar-refractivity contribution in [2.24, 2.45) is 0 Å². The fraction of sp³-hybridized carbons (Fsp3) is 0.308. The van der Waals surface area contributed by atoms with Gasteiger partial charge in [0.05, 0.1) is 17.2 Å². The molecule has 0 aliphatic rings. The van der Waals surface area contributed by atoms with Crippen molar-refractivity contribution in [3.05, 3.63) is 41.7 Å². The Morgan fingerprint density at radius 3 is 2.76 bits per heavy atom. The maximum absolute atomic E-state index is 11.9. The highest BCUT2D eigenvalue weighted by Gasteiger charge is 2.17. The first-order chi connectivity index (χ1) is 9.88. The van der Waals surface area contributed by atoms with Crippen LogP contribution in [-0.4, -0.2) is 35.0 Å². The summed E-state index contributed by atoms with van der Waals surface area (Å²) in [6, 6.07) is 6.73. The Labute approximate surface area is 122 Å². The highest BCUT2D eigenvalue weighted by atomic mass is 32.2. The molecule has 0 aliphatic carbocycles. The summed E-state index contributed by atoms with van der Waals surface area (Å²) >= 11 is 0. The minimum Gasteiger partial charge on any atom is -0.321 e. The molecule has 112 valence electrons. The number of amides is 1. The summed E-state index contributed by atoms with van der Waals surface area (Å²) in [5.41, 5.74) is 1.30. The predicted octanol–water partition coefficient (Wildman–Crippen LogP) is 1.38. The Morgan fingerprint density at radius 1 is 1.38 bits per heavy atom. The van der Waals surface area contributed by atoms with Gasteiger partial charge in [-0.25, -0.2) is 8.42 Å². The number of H-pyrrole nitrogens is 1. The number of rotatable bonds is 5. The molecule has 0 fully saturated rings. The number of aromatic nitrogens is 3. The summed E-state index contributed by atoms with van der Waals surface area (Å²) in [5.74, 6) is -0.467. The van der Waals surface area contributed by atoms with E-state index < -0.39 is 21.0 Å². The van der Waals surface area contributed by atoms with E-state index >= 15 is 0 Å². The van der Waals surface area contributed by atoms with E-state index in [9.17, 15) is 13.2 Å². The second-order valence-corrected chi connectivity index (χ2v) is 7.42. The Kier molecular flexibility index (Phi) is 4.37. The van der Waals surface area contributed by atoms with Gasteiger partial charge >= 0.3 is 0 Å². The summed E-state index contributed by atoms with van der Waals surface area (Å²) in [7, 11) is -3.18. The second kappa shape index (κ2) is 6.04. The largest absolute Gasteiger partial charge is 0.321 e. The molecule has 8 heteroatoms. The van der Waals surface area contributed by atoms with E-state index in [4.69, 9.17) is 0 Å². The maximum Gasteiger partial charge on any atom is 0.277 e. The van der Waals surface area contributed by atoms with Crippen LogP contribution in [0.2, 0.25) is 0 Å². The number of hydrogen-bond donors (Lipinski definition) is 2. The standard InChI is InChI=1S/C13H16N4O3S/c1-9(2)21(19,20)8-10-4-3-5-11(6-10)15-13(18)12-7-14-17-16-12/h3-7,9H,8H2,1-2H3,(H,15,18)(H,14,16,17). The molecule has 1 aromatic heterocycles. The lowest BCUT2D eigenvalue weighted by Gasteiger charge is -2.09. The number of sulfone groups is 1. The molecule has 2 N–H and O–H groups in total. The van der Waals surface area contributed by atoms with Crippen molar-refractivity contribution in [3.8, 4) is 0 Å². The van der Waals surface area contributed by atoms with Gasteiger partial charge < -0.3 is 5.32 Å². The minimum absolute atomic E-state index is 0.0572. The first-order valence-corrected chi connectivity index (χ1v) is 8.07. The third-order valence-corrected chi connectivity index (χ3v) is 5.09. The molecule has 2 aromatic rings. The number of anilines is 1. The molecule has 2 rings (SSSR count). The van der Waals surface area contributed by atoms with Crippen molar-refractivity contribution in [2.45, 2.75) is 24.9 Å². The van der Waals surface area contributed by atoms with E-state index in [0.717, 1.165) is 0 Å². The van der Waals surface area contributed by atoms with Crippen LogP contribution in [0.25, 0.3) is 0 Å². The van der Waals surface area contributed by atoms with Gasteiger partial charge in [0.25, 0.3) is 5.91 Å². The highest BCUT2D eigenvalue weighted by Crippen LogP contribution is 2.16. The fourth-order valence-corrected chi connectivity index (χ4v) is 2.62. The van der Waals surface area contributed by atoms with Crippen LogP contribution in [0.4, 0.5) is 5.69 Å². The Bertz CT molecular complexity index is 724. The zero-order valence-electron chi connectivity index (χ0n) is 11.7. The third-order valence-electron chi connectivity index (χ3n) is 2.92. The first kappa shape index (κ1) is 15.2. The van der Waals surface area contributed by atoms with Crippen molar-refractivity contribution >= 4 is 21.4 Å². The lowest BCUT2D eigenvalue weighted by Crippen LogP contribution is -2.16. The van der Waals surface area contributed by atoms with Gasteiger partial charge in [0.2, 0.25) is 0 Å². The molecule has 0 aliphatic heterocycles. The summed E-state index contributed by atoms with van der Waals surface area (Å²) in [5, 5.41) is 11.8. The second-order valence-electron chi connectivity index (χ2n) is 4.87. The van der Waals surface area contributed by atoms with Gasteiger partial charge in [-0.3, -0.25) is 4.79 Å². The van der Waals surface area contributed by atoms with Gasteiger partial charge in [0, 0.05) is 5.69 Å². The number of nitrogens with zero attached hydrogens (tertiary/aromatic N) is 2. The molecule has 0 atom stereocenters. The van der Waals surface area contributed by atoms with Crippen LogP contribution in [0, 0.1) is 0 Å². The molecular weight excluding hydrogens is 292 g/mol. The lowest BCUT2D eigenvalue weighted by molar-refractivity contribution is 0.102. The molecule has 21 heavy (non-hydrogen) atoms. The van der Waals surface area contributed by atoms with E-state index in [1.54, 1.807) is 38.1 Å². The topological polar surface area (TPSA) is 105 Å². The van der Waals surface area contributed by atoms with Gasteiger partial charge in [0.15, 0.2) is 15.5 Å². The Morgan fingerprint density at radius 2 is 2.14 bits per heavy atom. The average molecular weight is 308 g/mol. The van der Waals surface area contributed by atoms with E-state index in [0.29, 0.717) is 11.3 Å². The molecule has 0 unspecified atom stereocenters. The lowest BCUT2D eigenvalue weighted by atomic mass is 10.2. The van der Waals surface area contributed by atoms with E-state index in [1.807, 2.05) is 0 Å². The zero-order valence-corrected chi connectivity index (χ0v) is 12.5. The van der Waals surface area contributed by atoms with Crippen LogP contribution in [0.3, 0.4) is 0 Å². The molecule has 0 spiro atoms. The number of carbonyl (C=O) groups excluding carboxylic acids is 1. The van der Waals surface area contributed by atoms with Crippen LogP contribution < -0.4 is 5.32 Å². The maximum atomic E-state index is 11.9. The van der Waals surface area contributed by atoms with Crippen LogP contribution in [0.1, 0.15) is 29.9 Å². The normalized spacial score (nSPS) is 11.6.